The zero-order valence-electron chi connectivity index (χ0n) is 19.6. The maximum absolute atomic E-state index is 14.8. The number of alkyl halides is 2. The third-order valence-electron chi connectivity index (χ3n) is 6.82. The lowest BCUT2D eigenvalue weighted by molar-refractivity contribution is -0.223. The molecule has 1 aliphatic carbocycles. The Kier molecular flexibility index (Phi) is 7.62. The van der Waals surface area contributed by atoms with Gasteiger partial charge in [-0.2, -0.15) is 8.78 Å². The van der Waals surface area contributed by atoms with Crippen molar-refractivity contribution in [3.8, 4) is 28.0 Å². The zero-order valence-corrected chi connectivity index (χ0v) is 19.6. The van der Waals surface area contributed by atoms with E-state index in [2.05, 4.69) is 6.92 Å². The predicted molar refractivity (Wildman–Crippen MR) is 123 cm³/mol. The first-order valence-corrected chi connectivity index (χ1v) is 11.9. The number of rotatable bonds is 7. The SMILES string of the molecule is CCCC1CCC(C(F)(F)Oc2ccc(-c3ccc(-c4cc(F)c(F)c(F)c4)c(F)c3F)cc2)CC1. The van der Waals surface area contributed by atoms with Crippen molar-refractivity contribution in [1.82, 2.24) is 0 Å². The Morgan fingerprint density at radius 3 is 1.78 bits per heavy atom. The van der Waals surface area contributed by atoms with E-state index in [1.165, 1.54) is 30.3 Å². The van der Waals surface area contributed by atoms with Crippen molar-refractivity contribution in [2.75, 3.05) is 0 Å². The van der Waals surface area contributed by atoms with Gasteiger partial charge in [0, 0.05) is 11.1 Å². The molecule has 36 heavy (non-hydrogen) atoms. The van der Waals surface area contributed by atoms with Crippen LogP contribution in [-0.4, -0.2) is 6.11 Å². The maximum Gasteiger partial charge on any atom is 0.400 e. The summed E-state index contributed by atoms with van der Waals surface area (Å²) in [4.78, 5) is 0. The minimum Gasteiger partial charge on any atom is -0.432 e. The fraction of sp³-hybridized carbons (Fsp3) is 0.357. The summed E-state index contributed by atoms with van der Waals surface area (Å²) in [6.07, 6.45) is 0.977. The van der Waals surface area contributed by atoms with Crippen LogP contribution in [0.3, 0.4) is 0 Å². The van der Waals surface area contributed by atoms with E-state index < -0.39 is 46.7 Å². The molecule has 0 spiro atoms. The highest BCUT2D eigenvalue weighted by Gasteiger charge is 2.43. The summed E-state index contributed by atoms with van der Waals surface area (Å²) < 4.78 is 104. The third-order valence-corrected chi connectivity index (χ3v) is 6.82. The molecule has 0 atom stereocenters. The van der Waals surface area contributed by atoms with E-state index in [4.69, 9.17) is 4.74 Å². The van der Waals surface area contributed by atoms with Crippen molar-refractivity contribution in [3.63, 3.8) is 0 Å². The van der Waals surface area contributed by atoms with E-state index in [9.17, 15) is 30.7 Å². The quantitative estimate of drug-likeness (QED) is 0.227. The number of halogens is 7. The standard InChI is InChI=1S/C28H25F7O/c1-2-3-16-4-8-19(9-5-16)28(34,35)36-20-10-6-17(7-11-20)21-12-13-22(26(32)25(21)31)18-14-23(29)27(33)24(30)15-18/h6-7,10-16,19H,2-5,8-9H2,1H3. The van der Waals surface area contributed by atoms with E-state index in [-0.39, 0.29) is 22.4 Å². The van der Waals surface area contributed by atoms with Crippen LogP contribution in [0.15, 0.2) is 48.5 Å². The molecular weight excluding hydrogens is 485 g/mol. The highest BCUT2D eigenvalue weighted by Crippen LogP contribution is 2.41. The van der Waals surface area contributed by atoms with Crippen LogP contribution in [-0.2, 0) is 0 Å². The van der Waals surface area contributed by atoms with E-state index in [1.54, 1.807) is 0 Å². The lowest BCUT2D eigenvalue weighted by Gasteiger charge is -2.33. The van der Waals surface area contributed by atoms with Gasteiger partial charge in [0.25, 0.3) is 0 Å². The van der Waals surface area contributed by atoms with Crippen LogP contribution in [0.2, 0.25) is 0 Å². The van der Waals surface area contributed by atoms with Gasteiger partial charge in [0.05, 0.1) is 5.92 Å². The number of hydrogen-bond donors (Lipinski definition) is 0. The van der Waals surface area contributed by atoms with Crippen molar-refractivity contribution in [1.29, 1.82) is 0 Å². The molecular formula is C28H25F7O. The fourth-order valence-corrected chi connectivity index (χ4v) is 4.84. The Balaban J connectivity index is 1.50. The normalized spacial score (nSPS) is 18.3. The molecule has 0 heterocycles. The lowest BCUT2D eigenvalue weighted by atomic mass is 9.79. The molecule has 1 aliphatic rings. The van der Waals surface area contributed by atoms with Gasteiger partial charge in [-0.05, 0) is 67.0 Å². The molecule has 0 saturated heterocycles. The van der Waals surface area contributed by atoms with Gasteiger partial charge in [0.2, 0.25) is 0 Å². The van der Waals surface area contributed by atoms with E-state index in [0.717, 1.165) is 31.7 Å². The summed E-state index contributed by atoms with van der Waals surface area (Å²) in [6, 6.07) is 8.57. The van der Waals surface area contributed by atoms with Crippen LogP contribution in [0, 0.1) is 40.9 Å². The Morgan fingerprint density at radius 2 is 1.25 bits per heavy atom. The van der Waals surface area contributed by atoms with Gasteiger partial charge in [0.1, 0.15) is 5.75 Å². The Bertz CT molecular complexity index is 1190. The van der Waals surface area contributed by atoms with Gasteiger partial charge in [-0.3, -0.25) is 0 Å². The Hall–Kier alpha value is -3.03. The summed E-state index contributed by atoms with van der Waals surface area (Å²) in [5.41, 5.74) is -0.830. The summed E-state index contributed by atoms with van der Waals surface area (Å²) in [7, 11) is 0. The first-order valence-electron chi connectivity index (χ1n) is 11.9. The summed E-state index contributed by atoms with van der Waals surface area (Å²) in [5, 5.41) is 0. The number of benzene rings is 3. The van der Waals surface area contributed by atoms with Gasteiger partial charge >= 0.3 is 6.11 Å². The van der Waals surface area contributed by atoms with Crippen LogP contribution >= 0.6 is 0 Å². The van der Waals surface area contributed by atoms with Gasteiger partial charge in [-0.15, -0.1) is 0 Å². The van der Waals surface area contributed by atoms with E-state index >= 15 is 0 Å². The van der Waals surface area contributed by atoms with Gasteiger partial charge in [-0.1, -0.05) is 44.0 Å². The van der Waals surface area contributed by atoms with Gasteiger partial charge in [-0.25, -0.2) is 22.0 Å². The molecule has 1 nitrogen and oxygen atoms in total. The molecule has 0 amide bonds. The van der Waals surface area contributed by atoms with Gasteiger partial charge < -0.3 is 4.74 Å². The molecule has 192 valence electrons. The molecule has 1 saturated carbocycles. The molecule has 0 N–H and O–H groups in total. The topological polar surface area (TPSA) is 9.23 Å². The molecule has 1 fully saturated rings. The van der Waals surface area contributed by atoms with Crippen LogP contribution in [0.1, 0.15) is 45.4 Å². The highest BCUT2D eigenvalue weighted by molar-refractivity contribution is 5.72. The largest absolute Gasteiger partial charge is 0.432 e. The Morgan fingerprint density at radius 1 is 0.722 bits per heavy atom. The molecule has 3 aromatic carbocycles. The van der Waals surface area contributed by atoms with Crippen LogP contribution in [0.25, 0.3) is 22.3 Å². The minimum absolute atomic E-state index is 0.103. The van der Waals surface area contributed by atoms with Crippen molar-refractivity contribution in [2.24, 2.45) is 11.8 Å². The highest BCUT2D eigenvalue weighted by atomic mass is 19.3. The molecule has 0 radical (unpaired) electrons. The van der Waals surface area contributed by atoms with Crippen LogP contribution < -0.4 is 4.74 Å². The fourth-order valence-electron chi connectivity index (χ4n) is 4.84. The van der Waals surface area contributed by atoms with Crippen molar-refractivity contribution < 1.29 is 35.5 Å². The number of hydrogen-bond acceptors (Lipinski definition) is 1. The minimum atomic E-state index is -3.35. The monoisotopic (exact) mass is 510 g/mol. The van der Waals surface area contributed by atoms with Crippen LogP contribution in [0.5, 0.6) is 5.75 Å². The second-order valence-electron chi connectivity index (χ2n) is 9.24. The molecule has 0 unspecified atom stereocenters. The third kappa shape index (κ3) is 5.37. The van der Waals surface area contributed by atoms with E-state index in [1.807, 2.05) is 0 Å². The molecule has 8 heteroatoms. The van der Waals surface area contributed by atoms with Crippen LogP contribution in [0.4, 0.5) is 30.7 Å². The Labute approximate surface area is 204 Å². The number of ether oxygens (including phenoxy) is 1. The molecule has 0 aliphatic heterocycles. The molecule has 0 bridgehead atoms. The van der Waals surface area contributed by atoms with Crippen molar-refractivity contribution in [3.05, 3.63) is 77.6 Å². The zero-order chi connectivity index (χ0) is 26.0. The molecule has 0 aromatic heterocycles. The second kappa shape index (κ2) is 10.5. The summed E-state index contributed by atoms with van der Waals surface area (Å²) in [5.74, 6) is -7.98. The average Bonchev–Trinajstić information content (AvgIpc) is 2.85. The predicted octanol–water partition coefficient (Wildman–Crippen LogP) is 9.29. The van der Waals surface area contributed by atoms with Crippen molar-refractivity contribution >= 4 is 0 Å². The van der Waals surface area contributed by atoms with Gasteiger partial charge in [0.15, 0.2) is 29.1 Å². The van der Waals surface area contributed by atoms with E-state index in [0.29, 0.717) is 30.9 Å². The molecule has 4 rings (SSSR count). The second-order valence-corrected chi connectivity index (χ2v) is 9.24. The molecule has 3 aromatic rings. The first-order chi connectivity index (χ1) is 17.1. The summed E-state index contributed by atoms with van der Waals surface area (Å²) in [6.45, 7) is 2.08. The van der Waals surface area contributed by atoms with Crippen molar-refractivity contribution in [2.45, 2.75) is 51.6 Å². The maximum atomic E-state index is 14.8. The average molecular weight is 510 g/mol. The lowest BCUT2D eigenvalue weighted by Crippen LogP contribution is -2.37. The smallest absolute Gasteiger partial charge is 0.400 e. The first kappa shape index (κ1) is 26.0. The summed E-state index contributed by atoms with van der Waals surface area (Å²) >= 11 is 0.